The molecule has 1 aliphatic heterocycles. The molecule has 0 spiro atoms. The lowest BCUT2D eigenvalue weighted by Gasteiger charge is -2.24. The van der Waals surface area contributed by atoms with Gasteiger partial charge in [-0.25, -0.2) is 8.42 Å². The van der Waals surface area contributed by atoms with Crippen LogP contribution in [0.2, 0.25) is 5.02 Å². The van der Waals surface area contributed by atoms with Crippen LogP contribution in [0.4, 0.5) is 5.69 Å². The molecule has 1 aliphatic rings. The molecule has 1 atom stereocenters. The SMILES string of the molecule is CNC(=O)c1ccc(Cl)c(NC2CCCS(=O)(=O)C2)c1. The number of benzene rings is 1. The third kappa shape index (κ3) is 3.64. The topological polar surface area (TPSA) is 75.3 Å². The molecule has 1 aromatic carbocycles. The molecule has 5 nitrogen and oxygen atoms in total. The van der Waals surface area contributed by atoms with Crippen LogP contribution in [0.5, 0.6) is 0 Å². The van der Waals surface area contributed by atoms with Crippen molar-refractivity contribution in [2.24, 2.45) is 0 Å². The van der Waals surface area contributed by atoms with Crippen LogP contribution in [0.25, 0.3) is 0 Å². The molecule has 0 radical (unpaired) electrons. The maximum Gasteiger partial charge on any atom is 0.251 e. The van der Waals surface area contributed by atoms with Gasteiger partial charge in [0, 0.05) is 18.7 Å². The number of amides is 1. The lowest BCUT2D eigenvalue weighted by Crippen LogP contribution is -2.35. The van der Waals surface area contributed by atoms with Crippen LogP contribution >= 0.6 is 11.6 Å². The Balaban J connectivity index is 2.18. The number of nitrogens with one attached hydrogen (secondary N) is 2. The highest BCUT2D eigenvalue weighted by molar-refractivity contribution is 7.91. The van der Waals surface area contributed by atoms with Gasteiger partial charge in [-0.1, -0.05) is 11.6 Å². The second kappa shape index (κ2) is 6.01. The van der Waals surface area contributed by atoms with Gasteiger partial charge in [0.1, 0.15) is 0 Å². The highest BCUT2D eigenvalue weighted by Crippen LogP contribution is 2.26. The van der Waals surface area contributed by atoms with Crippen molar-refractivity contribution in [1.29, 1.82) is 0 Å². The number of rotatable bonds is 3. The molecule has 0 aromatic heterocycles. The molecule has 0 aliphatic carbocycles. The van der Waals surface area contributed by atoms with Crippen molar-refractivity contribution in [2.75, 3.05) is 23.9 Å². The van der Waals surface area contributed by atoms with E-state index in [1.807, 2.05) is 0 Å². The largest absolute Gasteiger partial charge is 0.380 e. The van der Waals surface area contributed by atoms with Crippen LogP contribution < -0.4 is 10.6 Å². The van der Waals surface area contributed by atoms with E-state index in [1.54, 1.807) is 25.2 Å². The monoisotopic (exact) mass is 316 g/mol. The molecule has 1 amide bonds. The number of halogens is 1. The van der Waals surface area contributed by atoms with Gasteiger partial charge in [0.25, 0.3) is 5.91 Å². The minimum atomic E-state index is -2.98. The van der Waals surface area contributed by atoms with Gasteiger partial charge >= 0.3 is 0 Å². The Kier molecular flexibility index (Phi) is 4.55. The molecule has 2 rings (SSSR count). The van der Waals surface area contributed by atoms with Gasteiger partial charge in [-0.15, -0.1) is 0 Å². The first-order valence-corrected chi connectivity index (χ1v) is 8.60. The minimum Gasteiger partial charge on any atom is -0.380 e. The Morgan fingerprint density at radius 2 is 2.15 bits per heavy atom. The van der Waals surface area contributed by atoms with Gasteiger partial charge in [0.2, 0.25) is 0 Å². The lowest BCUT2D eigenvalue weighted by molar-refractivity contribution is 0.0963. The second-order valence-electron chi connectivity index (χ2n) is 4.87. The van der Waals surface area contributed by atoms with Gasteiger partial charge in [0.15, 0.2) is 9.84 Å². The molecule has 110 valence electrons. The number of carbonyl (C=O) groups excluding carboxylic acids is 1. The fraction of sp³-hybridized carbons (Fsp3) is 0.462. The minimum absolute atomic E-state index is 0.105. The zero-order valence-electron chi connectivity index (χ0n) is 11.1. The molecule has 1 unspecified atom stereocenters. The van der Waals surface area contributed by atoms with Crippen molar-refractivity contribution < 1.29 is 13.2 Å². The number of anilines is 1. The standard InChI is InChI=1S/C13H17ClN2O3S/c1-15-13(17)9-4-5-11(14)12(7-9)16-10-3-2-6-20(18,19)8-10/h4-5,7,10,16H,2-3,6,8H2,1H3,(H,15,17). The number of carbonyl (C=O) groups is 1. The molecule has 1 saturated heterocycles. The van der Waals surface area contributed by atoms with E-state index in [-0.39, 0.29) is 23.5 Å². The number of hydrogen-bond donors (Lipinski definition) is 2. The summed E-state index contributed by atoms with van der Waals surface area (Å²) in [6.45, 7) is 0. The van der Waals surface area contributed by atoms with E-state index in [0.29, 0.717) is 22.7 Å². The molecular weight excluding hydrogens is 300 g/mol. The van der Waals surface area contributed by atoms with E-state index in [2.05, 4.69) is 10.6 Å². The van der Waals surface area contributed by atoms with E-state index in [4.69, 9.17) is 11.6 Å². The lowest BCUT2D eigenvalue weighted by atomic mass is 10.1. The van der Waals surface area contributed by atoms with Crippen LogP contribution in [-0.2, 0) is 9.84 Å². The van der Waals surface area contributed by atoms with Gasteiger partial charge < -0.3 is 10.6 Å². The van der Waals surface area contributed by atoms with E-state index in [0.717, 1.165) is 6.42 Å². The van der Waals surface area contributed by atoms with Crippen molar-refractivity contribution in [2.45, 2.75) is 18.9 Å². The predicted molar refractivity (Wildman–Crippen MR) is 80.1 cm³/mol. The summed E-state index contributed by atoms with van der Waals surface area (Å²) in [4.78, 5) is 11.6. The summed E-state index contributed by atoms with van der Waals surface area (Å²) in [6, 6.07) is 4.74. The Bertz CT molecular complexity index is 616. The average Bonchev–Trinajstić information content (AvgIpc) is 2.39. The highest BCUT2D eigenvalue weighted by Gasteiger charge is 2.25. The number of hydrogen-bond acceptors (Lipinski definition) is 4. The Hall–Kier alpha value is -1.27. The Labute approximate surface area is 123 Å². The van der Waals surface area contributed by atoms with Crippen molar-refractivity contribution in [3.8, 4) is 0 Å². The zero-order chi connectivity index (χ0) is 14.8. The summed E-state index contributed by atoms with van der Waals surface area (Å²) in [5.41, 5.74) is 1.08. The molecule has 1 heterocycles. The van der Waals surface area contributed by atoms with Gasteiger partial charge in [0.05, 0.1) is 22.2 Å². The van der Waals surface area contributed by atoms with Crippen molar-refractivity contribution in [3.63, 3.8) is 0 Å². The molecule has 1 fully saturated rings. The summed E-state index contributed by atoms with van der Waals surface area (Å²) < 4.78 is 23.2. The van der Waals surface area contributed by atoms with Crippen LogP contribution in [-0.4, -0.2) is 38.9 Å². The summed E-state index contributed by atoms with van der Waals surface area (Å²) in [7, 11) is -1.43. The van der Waals surface area contributed by atoms with Crippen LogP contribution in [0, 0.1) is 0 Å². The smallest absolute Gasteiger partial charge is 0.251 e. The van der Waals surface area contributed by atoms with Crippen molar-refractivity contribution >= 4 is 33.0 Å². The molecular formula is C13H17ClN2O3S. The third-order valence-corrected chi connectivity index (χ3v) is 5.43. The number of sulfone groups is 1. The quantitative estimate of drug-likeness (QED) is 0.890. The normalized spacial score (nSPS) is 21.2. The first kappa shape index (κ1) is 15.1. The molecule has 0 bridgehead atoms. The molecule has 20 heavy (non-hydrogen) atoms. The third-order valence-electron chi connectivity index (χ3n) is 3.28. The maximum atomic E-state index is 11.6. The van der Waals surface area contributed by atoms with Crippen LogP contribution in [0.1, 0.15) is 23.2 Å². The van der Waals surface area contributed by atoms with E-state index < -0.39 is 9.84 Å². The zero-order valence-corrected chi connectivity index (χ0v) is 12.7. The van der Waals surface area contributed by atoms with E-state index in [9.17, 15) is 13.2 Å². The maximum absolute atomic E-state index is 11.6. The van der Waals surface area contributed by atoms with Crippen LogP contribution in [0.3, 0.4) is 0 Å². The summed E-state index contributed by atoms with van der Waals surface area (Å²) in [6.07, 6.45) is 1.42. The highest BCUT2D eigenvalue weighted by atomic mass is 35.5. The predicted octanol–water partition coefficient (Wildman–Crippen LogP) is 1.69. The first-order valence-electron chi connectivity index (χ1n) is 6.40. The molecule has 2 N–H and O–H groups in total. The molecule has 7 heteroatoms. The first-order chi connectivity index (χ1) is 9.41. The van der Waals surface area contributed by atoms with E-state index in [1.165, 1.54) is 0 Å². The Morgan fingerprint density at radius 3 is 2.80 bits per heavy atom. The fourth-order valence-electron chi connectivity index (χ4n) is 2.28. The summed E-state index contributed by atoms with van der Waals surface area (Å²) in [5.74, 6) is 0.144. The van der Waals surface area contributed by atoms with Crippen molar-refractivity contribution in [3.05, 3.63) is 28.8 Å². The molecule has 1 aromatic rings. The summed E-state index contributed by atoms with van der Waals surface area (Å²) in [5, 5.41) is 6.14. The van der Waals surface area contributed by atoms with E-state index >= 15 is 0 Å². The molecule has 0 saturated carbocycles. The average molecular weight is 317 g/mol. The van der Waals surface area contributed by atoms with Gasteiger partial charge in [-0.2, -0.15) is 0 Å². The summed E-state index contributed by atoms with van der Waals surface area (Å²) >= 11 is 6.09. The van der Waals surface area contributed by atoms with Gasteiger partial charge in [-0.3, -0.25) is 4.79 Å². The Morgan fingerprint density at radius 1 is 1.40 bits per heavy atom. The fourth-order valence-corrected chi connectivity index (χ4v) is 4.09. The second-order valence-corrected chi connectivity index (χ2v) is 7.51. The van der Waals surface area contributed by atoms with Crippen LogP contribution in [0.15, 0.2) is 18.2 Å². The van der Waals surface area contributed by atoms with Gasteiger partial charge in [-0.05, 0) is 31.0 Å². The van der Waals surface area contributed by atoms with Crippen molar-refractivity contribution in [1.82, 2.24) is 5.32 Å².